The summed E-state index contributed by atoms with van der Waals surface area (Å²) in [6.07, 6.45) is 2.56. The first kappa shape index (κ1) is 10.0. The molecule has 1 aromatic heterocycles. The van der Waals surface area contributed by atoms with Gasteiger partial charge in [0.15, 0.2) is 0 Å². The van der Waals surface area contributed by atoms with Crippen molar-refractivity contribution in [2.45, 2.75) is 26.3 Å². The van der Waals surface area contributed by atoms with E-state index in [1.165, 1.54) is 0 Å². The van der Waals surface area contributed by atoms with E-state index in [4.69, 9.17) is 5.73 Å². The van der Waals surface area contributed by atoms with Crippen molar-refractivity contribution < 1.29 is 4.79 Å². The Labute approximate surface area is 88.6 Å². The molecule has 0 fully saturated rings. The minimum Gasteiger partial charge on any atom is -0.369 e. The lowest BCUT2D eigenvalue weighted by Gasteiger charge is -2.31. The van der Waals surface area contributed by atoms with Crippen molar-refractivity contribution >= 4 is 11.7 Å². The Morgan fingerprint density at radius 2 is 2.53 bits per heavy atom. The van der Waals surface area contributed by atoms with Gasteiger partial charge in [0.05, 0.1) is 12.2 Å². The summed E-state index contributed by atoms with van der Waals surface area (Å²) in [7, 11) is 0. The largest absolute Gasteiger partial charge is 0.369 e. The van der Waals surface area contributed by atoms with Gasteiger partial charge in [-0.3, -0.25) is 4.79 Å². The zero-order chi connectivity index (χ0) is 11.0. The van der Waals surface area contributed by atoms with E-state index >= 15 is 0 Å². The summed E-state index contributed by atoms with van der Waals surface area (Å²) in [5, 5.41) is 7.44. The molecule has 2 atom stereocenters. The van der Waals surface area contributed by atoms with E-state index in [2.05, 4.69) is 24.3 Å². The maximum absolute atomic E-state index is 11.1. The van der Waals surface area contributed by atoms with E-state index in [1.54, 1.807) is 6.20 Å². The highest BCUT2D eigenvalue weighted by atomic mass is 16.1. The molecule has 1 aliphatic heterocycles. The fourth-order valence-electron chi connectivity index (χ4n) is 2.18. The number of nitrogens with one attached hydrogen (secondary N) is 1. The number of carbonyl (C=O) groups is 1. The van der Waals surface area contributed by atoms with Crippen LogP contribution in [0.5, 0.6) is 0 Å². The second-order valence-corrected chi connectivity index (χ2v) is 4.05. The summed E-state index contributed by atoms with van der Waals surface area (Å²) in [6, 6.07) is 0.356. The average molecular weight is 208 g/mol. The molecular weight excluding hydrogens is 192 g/mol. The standard InChI is InChI=1S/C10H16N4O/c1-3-8-6(2)4-12-10-7(9(11)15)5-13-14(8)10/h5-6,8,12H,3-4H2,1-2H3,(H2,11,15). The van der Waals surface area contributed by atoms with E-state index < -0.39 is 5.91 Å². The Balaban J connectivity index is 2.44. The normalized spacial score (nSPS) is 24.4. The van der Waals surface area contributed by atoms with Crippen LogP contribution in [0.2, 0.25) is 0 Å². The van der Waals surface area contributed by atoms with Gasteiger partial charge in [-0.15, -0.1) is 0 Å². The van der Waals surface area contributed by atoms with Crippen LogP contribution in [0.25, 0.3) is 0 Å². The van der Waals surface area contributed by atoms with Crippen molar-refractivity contribution in [1.29, 1.82) is 0 Å². The molecular formula is C10H16N4O. The number of rotatable bonds is 2. The summed E-state index contributed by atoms with van der Waals surface area (Å²) in [5.74, 6) is 0.865. The molecule has 5 nitrogen and oxygen atoms in total. The Morgan fingerprint density at radius 1 is 1.80 bits per heavy atom. The second kappa shape index (κ2) is 3.56. The van der Waals surface area contributed by atoms with Crippen molar-refractivity contribution in [3.63, 3.8) is 0 Å². The summed E-state index contributed by atoms with van der Waals surface area (Å²) in [6.45, 7) is 5.17. The molecule has 0 radical (unpaired) electrons. The predicted molar refractivity (Wildman–Crippen MR) is 57.7 cm³/mol. The number of nitrogens with zero attached hydrogens (tertiary/aromatic N) is 2. The maximum Gasteiger partial charge on any atom is 0.254 e. The molecule has 15 heavy (non-hydrogen) atoms. The number of hydrogen-bond acceptors (Lipinski definition) is 3. The van der Waals surface area contributed by atoms with Gasteiger partial charge in [-0.1, -0.05) is 13.8 Å². The van der Waals surface area contributed by atoms with E-state index in [0.717, 1.165) is 18.8 Å². The third kappa shape index (κ3) is 1.48. The first-order valence-electron chi connectivity index (χ1n) is 5.26. The SMILES string of the molecule is CCC1C(C)CNc2c(C(N)=O)cnn21. The smallest absolute Gasteiger partial charge is 0.254 e. The quantitative estimate of drug-likeness (QED) is 0.761. The van der Waals surface area contributed by atoms with Gasteiger partial charge in [0, 0.05) is 6.54 Å². The van der Waals surface area contributed by atoms with E-state index in [1.807, 2.05) is 4.68 Å². The predicted octanol–water partition coefficient (Wildman–Crippen LogP) is 0.995. The van der Waals surface area contributed by atoms with E-state index in [0.29, 0.717) is 17.5 Å². The fourth-order valence-corrected chi connectivity index (χ4v) is 2.18. The Morgan fingerprint density at radius 3 is 3.13 bits per heavy atom. The van der Waals surface area contributed by atoms with Crippen LogP contribution < -0.4 is 11.1 Å². The highest BCUT2D eigenvalue weighted by Gasteiger charge is 2.28. The van der Waals surface area contributed by atoms with Crippen LogP contribution in [0.4, 0.5) is 5.82 Å². The molecule has 1 amide bonds. The number of fused-ring (bicyclic) bond motifs is 1. The third-order valence-electron chi connectivity index (χ3n) is 3.04. The summed E-state index contributed by atoms with van der Waals surface area (Å²) < 4.78 is 1.88. The van der Waals surface area contributed by atoms with Crippen LogP contribution in [0.3, 0.4) is 0 Å². The molecule has 1 aliphatic rings. The lowest BCUT2D eigenvalue weighted by molar-refractivity contribution is 0.100. The van der Waals surface area contributed by atoms with Crippen molar-refractivity contribution in [3.8, 4) is 0 Å². The van der Waals surface area contributed by atoms with Crippen LogP contribution in [0, 0.1) is 5.92 Å². The Kier molecular flexibility index (Phi) is 2.38. The summed E-state index contributed by atoms with van der Waals surface area (Å²) in [4.78, 5) is 11.1. The number of nitrogens with two attached hydrogens (primary N) is 1. The Bertz CT molecular complexity index is 385. The summed E-state index contributed by atoms with van der Waals surface area (Å²) in [5.41, 5.74) is 5.76. The van der Waals surface area contributed by atoms with Crippen LogP contribution in [0.1, 0.15) is 36.7 Å². The third-order valence-corrected chi connectivity index (χ3v) is 3.04. The van der Waals surface area contributed by atoms with Crippen LogP contribution in [0.15, 0.2) is 6.20 Å². The van der Waals surface area contributed by atoms with Gasteiger partial charge in [0.25, 0.3) is 5.91 Å². The molecule has 1 aromatic rings. The molecule has 2 heterocycles. The van der Waals surface area contributed by atoms with Gasteiger partial charge in [0.2, 0.25) is 0 Å². The number of anilines is 1. The topological polar surface area (TPSA) is 72.9 Å². The molecule has 0 bridgehead atoms. The minimum absolute atomic E-state index is 0.356. The van der Waals surface area contributed by atoms with Crippen molar-refractivity contribution in [2.75, 3.05) is 11.9 Å². The molecule has 0 saturated carbocycles. The molecule has 2 unspecified atom stereocenters. The fraction of sp³-hybridized carbons (Fsp3) is 0.600. The highest BCUT2D eigenvalue weighted by Crippen LogP contribution is 2.31. The van der Waals surface area contributed by atoms with Gasteiger partial charge in [-0.25, -0.2) is 4.68 Å². The number of aromatic nitrogens is 2. The lowest BCUT2D eigenvalue weighted by Crippen LogP contribution is -2.31. The monoisotopic (exact) mass is 208 g/mol. The highest BCUT2D eigenvalue weighted by molar-refractivity contribution is 5.97. The molecule has 0 saturated heterocycles. The van der Waals surface area contributed by atoms with E-state index in [9.17, 15) is 4.79 Å². The lowest BCUT2D eigenvalue weighted by atomic mass is 9.98. The van der Waals surface area contributed by atoms with Crippen molar-refractivity contribution in [1.82, 2.24) is 9.78 Å². The Hall–Kier alpha value is -1.52. The van der Waals surface area contributed by atoms with Gasteiger partial charge >= 0.3 is 0 Å². The zero-order valence-corrected chi connectivity index (χ0v) is 9.03. The van der Waals surface area contributed by atoms with Crippen molar-refractivity contribution in [2.24, 2.45) is 11.7 Å². The number of carbonyl (C=O) groups excluding carboxylic acids is 1. The molecule has 0 aromatic carbocycles. The van der Waals surface area contributed by atoms with Gasteiger partial charge in [-0.2, -0.15) is 5.10 Å². The van der Waals surface area contributed by atoms with Crippen molar-refractivity contribution in [3.05, 3.63) is 11.8 Å². The number of amides is 1. The van der Waals surface area contributed by atoms with Crippen LogP contribution in [-0.2, 0) is 0 Å². The molecule has 3 N–H and O–H groups in total. The first-order chi connectivity index (χ1) is 7.15. The second-order valence-electron chi connectivity index (χ2n) is 4.05. The van der Waals surface area contributed by atoms with Gasteiger partial charge in [-0.05, 0) is 12.3 Å². The minimum atomic E-state index is -0.423. The molecule has 0 spiro atoms. The molecule has 5 heteroatoms. The maximum atomic E-state index is 11.1. The molecule has 2 rings (SSSR count). The molecule has 82 valence electrons. The number of hydrogen-bond donors (Lipinski definition) is 2. The molecule has 0 aliphatic carbocycles. The van der Waals surface area contributed by atoms with Crippen LogP contribution in [-0.4, -0.2) is 22.2 Å². The van der Waals surface area contributed by atoms with Gasteiger partial charge < -0.3 is 11.1 Å². The summed E-state index contributed by atoms with van der Waals surface area (Å²) >= 11 is 0. The van der Waals surface area contributed by atoms with Crippen LogP contribution >= 0.6 is 0 Å². The number of primary amides is 1. The first-order valence-corrected chi connectivity index (χ1v) is 5.26. The average Bonchev–Trinajstić information content (AvgIpc) is 2.61. The van der Waals surface area contributed by atoms with Gasteiger partial charge in [0.1, 0.15) is 11.4 Å². The van der Waals surface area contributed by atoms with E-state index in [-0.39, 0.29) is 0 Å². The zero-order valence-electron chi connectivity index (χ0n) is 9.03.